The van der Waals surface area contributed by atoms with Crippen LogP contribution in [-0.2, 0) is 5.41 Å². The number of benzene rings is 7. The Bertz CT molecular complexity index is 3340. The fraction of sp³-hybridized carbons (Fsp3) is 0.0638. The summed E-state index contributed by atoms with van der Waals surface area (Å²) < 4.78 is 15.7. The van der Waals surface area contributed by atoms with Crippen LogP contribution in [0.25, 0.3) is 105 Å². The van der Waals surface area contributed by atoms with Crippen LogP contribution in [0.3, 0.4) is 0 Å². The molecule has 0 spiro atoms. The van der Waals surface area contributed by atoms with Gasteiger partial charge in [-0.2, -0.15) is 0 Å². The van der Waals surface area contributed by atoms with E-state index in [-0.39, 0.29) is 5.41 Å². The van der Waals surface area contributed by atoms with Crippen LogP contribution >= 0.6 is 0 Å². The van der Waals surface area contributed by atoms with E-state index < -0.39 is 0 Å². The van der Waals surface area contributed by atoms with Crippen molar-refractivity contribution < 1.29 is 8.83 Å². The van der Waals surface area contributed by atoms with E-state index in [4.69, 9.17) is 18.8 Å². The Morgan fingerprint density at radius 1 is 0.500 bits per heavy atom. The van der Waals surface area contributed by atoms with Crippen molar-refractivity contribution >= 4 is 76.7 Å². The van der Waals surface area contributed by atoms with E-state index >= 15 is 0 Å². The fourth-order valence-corrected chi connectivity index (χ4v) is 9.11. The molecule has 4 aromatic heterocycles. The third-order valence-electron chi connectivity index (χ3n) is 11.4. The lowest BCUT2D eigenvalue weighted by atomic mass is 9.81. The van der Waals surface area contributed by atoms with E-state index in [1.54, 1.807) is 0 Å². The molecule has 5 nitrogen and oxygen atoms in total. The highest BCUT2D eigenvalue weighted by Crippen LogP contribution is 2.53. The second-order valence-electron chi connectivity index (χ2n) is 14.5. The molecule has 7 aromatic carbocycles. The predicted octanol–water partition coefficient (Wildman–Crippen LogP) is 12.5. The number of fused-ring (bicyclic) bond motifs is 15. The van der Waals surface area contributed by atoms with Gasteiger partial charge in [-0.25, -0.2) is 9.97 Å². The lowest BCUT2D eigenvalue weighted by molar-refractivity contribution is 0.662. The van der Waals surface area contributed by atoms with Crippen LogP contribution in [0.4, 0.5) is 0 Å². The molecule has 0 unspecified atom stereocenters. The quantitative estimate of drug-likeness (QED) is 0.184. The first-order valence-corrected chi connectivity index (χ1v) is 17.8. The molecule has 11 aromatic rings. The van der Waals surface area contributed by atoms with Gasteiger partial charge in [0.05, 0.1) is 27.5 Å². The number of hydrogen-bond donors (Lipinski definition) is 0. The van der Waals surface area contributed by atoms with Crippen molar-refractivity contribution in [2.45, 2.75) is 19.3 Å². The van der Waals surface area contributed by atoms with Gasteiger partial charge in [-0.3, -0.25) is 4.57 Å². The third-order valence-corrected chi connectivity index (χ3v) is 11.4. The van der Waals surface area contributed by atoms with Crippen LogP contribution in [0.5, 0.6) is 0 Å². The molecule has 1 aliphatic rings. The van der Waals surface area contributed by atoms with Crippen LogP contribution in [0.2, 0.25) is 0 Å². The van der Waals surface area contributed by atoms with Crippen molar-refractivity contribution in [3.63, 3.8) is 0 Å². The third kappa shape index (κ3) is 3.47. The summed E-state index contributed by atoms with van der Waals surface area (Å²) in [5.41, 5.74) is 13.7. The summed E-state index contributed by atoms with van der Waals surface area (Å²) in [5.74, 6) is 0.770. The van der Waals surface area contributed by atoms with Crippen molar-refractivity contribution in [3.05, 3.63) is 151 Å². The molecule has 4 heterocycles. The first-order valence-electron chi connectivity index (χ1n) is 17.8. The van der Waals surface area contributed by atoms with E-state index in [0.717, 1.165) is 83.0 Å². The normalized spacial score (nSPS) is 13.7. The zero-order chi connectivity index (χ0) is 34.3. The highest BCUT2D eigenvalue weighted by Gasteiger charge is 2.39. The molecule has 0 fully saturated rings. The summed E-state index contributed by atoms with van der Waals surface area (Å²) >= 11 is 0. The number of para-hydroxylation sites is 5. The topological polar surface area (TPSA) is 57.0 Å². The first kappa shape index (κ1) is 28.0. The lowest BCUT2D eigenvalue weighted by Gasteiger charge is -2.24. The predicted molar refractivity (Wildman–Crippen MR) is 211 cm³/mol. The van der Waals surface area contributed by atoms with Crippen molar-refractivity contribution in [2.75, 3.05) is 0 Å². The van der Waals surface area contributed by atoms with Gasteiger partial charge in [0.15, 0.2) is 5.82 Å². The number of aromatic nitrogens is 3. The first-order chi connectivity index (χ1) is 25.6. The smallest absolute Gasteiger partial charge is 0.165 e. The van der Waals surface area contributed by atoms with E-state index in [1.807, 2.05) is 36.4 Å². The minimum atomic E-state index is -0.237. The van der Waals surface area contributed by atoms with Gasteiger partial charge < -0.3 is 8.83 Å². The van der Waals surface area contributed by atoms with Crippen molar-refractivity contribution in [3.8, 4) is 28.2 Å². The van der Waals surface area contributed by atoms with Crippen molar-refractivity contribution in [1.29, 1.82) is 0 Å². The molecule has 0 saturated heterocycles. The van der Waals surface area contributed by atoms with E-state index in [2.05, 4.69) is 122 Å². The van der Waals surface area contributed by atoms with Crippen LogP contribution in [-0.4, -0.2) is 14.5 Å². The lowest BCUT2D eigenvalue weighted by Crippen LogP contribution is -2.17. The highest BCUT2D eigenvalue weighted by molar-refractivity contribution is 6.23. The monoisotopic (exact) mass is 667 g/mol. The number of furan rings is 2. The molecule has 12 rings (SSSR count). The summed E-state index contributed by atoms with van der Waals surface area (Å²) in [6.45, 7) is 4.69. The summed E-state index contributed by atoms with van der Waals surface area (Å²) in [7, 11) is 0. The second-order valence-corrected chi connectivity index (χ2v) is 14.5. The highest BCUT2D eigenvalue weighted by atomic mass is 16.3. The van der Waals surface area contributed by atoms with Crippen molar-refractivity contribution in [1.82, 2.24) is 14.5 Å². The Labute approximate surface area is 297 Å². The number of rotatable bonds is 2. The molecule has 5 heteroatoms. The molecule has 0 radical (unpaired) electrons. The van der Waals surface area contributed by atoms with Gasteiger partial charge in [-0.05, 0) is 64.7 Å². The summed E-state index contributed by atoms with van der Waals surface area (Å²) in [6.07, 6.45) is 0. The fourth-order valence-electron chi connectivity index (χ4n) is 9.11. The van der Waals surface area contributed by atoms with Crippen molar-refractivity contribution in [2.24, 2.45) is 0 Å². The molecule has 0 bridgehead atoms. The van der Waals surface area contributed by atoms with E-state index in [1.165, 1.54) is 33.0 Å². The molecule has 1 aliphatic carbocycles. The summed E-state index contributed by atoms with van der Waals surface area (Å²) in [6, 6.07) is 48.9. The number of nitrogens with zero attached hydrogens (tertiary/aromatic N) is 3. The van der Waals surface area contributed by atoms with E-state index in [0.29, 0.717) is 0 Å². The Morgan fingerprint density at radius 2 is 1.19 bits per heavy atom. The number of hydrogen-bond acceptors (Lipinski definition) is 4. The van der Waals surface area contributed by atoms with Gasteiger partial charge in [0.2, 0.25) is 0 Å². The SMILES string of the molecule is CC1(C)c2ccccc2-c2ccc3c4ccccc4n(-c4nc5ccccc5nc4-c4cccc5c4oc4ccc6c7ccccc7oc6c45)c3c21. The van der Waals surface area contributed by atoms with Gasteiger partial charge in [0, 0.05) is 37.9 Å². The zero-order valence-corrected chi connectivity index (χ0v) is 28.4. The maximum absolute atomic E-state index is 6.81. The molecule has 0 saturated carbocycles. The average molecular weight is 668 g/mol. The van der Waals surface area contributed by atoms with Crippen LogP contribution < -0.4 is 0 Å². The maximum Gasteiger partial charge on any atom is 0.165 e. The van der Waals surface area contributed by atoms with Gasteiger partial charge in [0.25, 0.3) is 0 Å². The maximum atomic E-state index is 6.81. The van der Waals surface area contributed by atoms with Gasteiger partial charge >= 0.3 is 0 Å². The molecular weight excluding hydrogens is 639 g/mol. The molecule has 52 heavy (non-hydrogen) atoms. The Kier molecular flexibility index (Phi) is 5.25. The zero-order valence-electron chi connectivity index (χ0n) is 28.4. The second kappa shape index (κ2) is 9.74. The molecule has 244 valence electrons. The molecular formula is C47H29N3O2. The minimum Gasteiger partial charge on any atom is -0.455 e. The van der Waals surface area contributed by atoms with Gasteiger partial charge in [0.1, 0.15) is 28.0 Å². The Hall–Kier alpha value is -6.72. The summed E-state index contributed by atoms with van der Waals surface area (Å²) in [5, 5.41) is 6.50. The Balaban J connectivity index is 1.23. The molecule has 0 aliphatic heterocycles. The standard InChI is InChI=1S/C47H29N3O2/c1-47(2)34-17-6-3-12-26(34)29-22-23-30-27-13-4-9-20-37(27)50(43(30)41(29)47)46-42(48-35-18-7-8-19-36(35)49-46)33-16-11-15-32-40-39(52-44(32)33)25-24-31-28-14-5-10-21-38(28)51-45(31)40/h3-25H,1-2H3. The van der Waals surface area contributed by atoms with Crippen LogP contribution in [0.1, 0.15) is 25.0 Å². The molecule has 0 amide bonds. The largest absolute Gasteiger partial charge is 0.455 e. The summed E-state index contributed by atoms with van der Waals surface area (Å²) in [4.78, 5) is 10.9. The van der Waals surface area contributed by atoms with E-state index in [9.17, 15) is 0 Å². The molecule has 0 atom stereocenters. The molecule has 0 N–H and O–H groups in total. The minimum absolute atomic E-state index is 0.237. The van der Waals surface area contributed by atoms with Crippen LogP contribution in [0.15, 0.2) is 148 Å². The van der Waals surface area contributed by atoms with Crippen LogP contribution in [0, 0.1) is 0 Å². The van der Waals surface area contributed by atoms with Gasteiger partial charge in [-0.15, -0.1) is 0 Å². The van der Waals surface area contributed by atoms with Gasteiger partial charge in [-0.1, -0.05) is 111 Å². The Morgan fingerprint density at radius 3 is 2.10 bits per heavy atom. The average Bonchev–Trinajstić information content (AvgIpc) is 3.91.